The molecule has 2 aromatic rings. The molecule has 3 rings (SSSR count). The molecule has 1 heterocycles. The number of hydrogen-bond acceptors (Lipinski definition) is 3. The van der Waals surface area contributed by atoms with E-state index in [2.05, 4.69) is 24.1 Å². The average molecular weight is 462 g/mol. The second-order valence-corrected chi connectivity index (χ2v) is 8.29. The minimum absolute atomic E-state index is 0.0726. The lowest BCUT2D eigenvalue weighted by atomic mass is 9.95. The van der Waals surface area contributed by atoms with E-state index in [1.54, 1.807) is 4.90 Å². The smallest absolute Gasteiger partial charge is 0.339 e. The van der Waals surface area contributed by atoms with Gasteiger partial charge in [-0.25, -0.2) is 0 Å². The molecule has 1 fully saturated rings. The highest BCUT2D eigenvalue weighted by Gasteiger charge is 2.31. The molecule has 5 nitrogen and oxygen atoms in total. The van der Waals surface area contributed by atoms with Gasteiger partial charge in [0.25, 0.3) is 5.91 Å². The molecule has 0 spiro atoms. The SMILES string of the molecule is CCN(CC)Cc1cccc(NC(=O)C2CCN(C(=O)c3ccc(C(F)(F)F)cc3)CC2)c1. The van der Waals surface area contributed by atoms with Gasteiger partial charge in [0.1, 0.15) is 0 Å². The first-order valence-corrected chi connectivity index (χ1v) is 11.3. The van der Waals surface area contributed by atoms with Gasteiger partial charge in [-0.3, -0.25) is 14.5 Å². The van der Waals surface area contributed by atoms with Crippen molar-refractivity contribution in [2.75, 3.05) is 31.5 Å². The van der Waals surface area contributed by atoms with Crippen molar-refractivity contribution in [1.29, 1.82) is 0 Å². The number of anilines is 1. The second-order valence-electron chi connectivity index (χ2n) is 8.29. The Labute approximate surface area is 192 Å². The fourth-order valence-corrected chi connectivity index (χ4v) is 4.03. The van der Waals surface area contributed by atoms with E-state index in [4.69, 9.17) is 0 Å². The summed E-state index contributed by atoms with van der Waals surface area (Å²) in [6.07, 6.45) is -3.41. The Kier molecular flexibility index (Phi) is 8.13. The summed E-state index contributed by atoms with van der Waals surface area (Å²) in [5, 5.41) is 2.99. The zero-order chi connectivity index (χ0) is 24.0. The van der Waals surface area contributed by atoms with E-state index in [0.29, 0.717) is 25.9 Å². The molecule has 0 radical (unpaired) electrons. The van der Waals surface area contributed by atoms with Gasteiger partial charge in [0.05, 0.1) is 5.56 Å². The standard InChI is InChI=1S/C25H30F3N3O2/c1-3-30(4-2)17-18-6-5-7-22(16-18)29-23(32)19-12-14-31(15-13-19)24(33)20-8-10-21(11-9-20)25(26,27)28/h5-11,16,19H,3-4,12-15,17H2,1-2H3,(H,29,32). The van der Waals surface area contributed by atoms with E-state index in [0.717, 1.165) is 43.0 Å². The van der Waals surface area contributed by atoms with Crippen LogP contribution in [0.5, 0.6) is 0 Å². The first-order chi connectivity index (χ1) is 15.7. The molecule has 0 atom stereocenters. The van der Waals surface area contributed by atoms with Gasteiger partial charge in [-0.2, -0.15) is 13.2 Å². The van der Waals surface area contributed by atoms with Crippen molar-refractivity contribution in [3.8, 4) is 0 Å². The number of likely N-dealkylation sites (tertiary alicyclic amines) is 1. The molecular weight excluding hydrogens is 431 g/mol. The minimum Gasteiger partial charge on any atom is -0.339 e. The van der Waals surface area contributed by atoms with Crippen molar-refractivity contribution in [2.24, 2.45) is 5.92 Å². The molecule has 33 heavy (non-hydrogen) atoms. The van der Waals surface area contributed by atoms with E-state index in [9.17, 15) is 22.8 Å². The Morgan fingerprint density at radius 2 is 1.67 bits per heavy atom. The number of carbonyl (C=O) groups excluding carboxylic acids is 2. The summed E-state index contributed by atoms with van der Waals surface area (Å²) in [5.74, 6) is -0.601. The maximum Gasteiger partial charge on any atom is 0.416 e. The number of nitrogens with one attached hydrogen (secondary N) is 1. The fraction of sp³-hybridized carbons (Fsp3) is 0.440. The number of alkyl halides is 3. The van der Waals surface area contributed by atoms with E-state index in [1.807, 2.05) is 24.3 Å². The zero-order valence-electron chi connectivity index (χ0n) is 19.0. The van der Waals surface area contributed by atoms with Crippen LogP contribution >= 0.6 is 0 Å². The molecule has 8 heteroatoms. The third-order valence-corrected chi connectivity index (χ3v) is 6.11. The quantitative estimate of drug-likeness (QED) is 0.629. The Morgan fingerprint density at radius 3 is 2.24 bits per heavy atom. The molecule has 0 bridgehead atoms. The lowest BCUT2D eigenvalue weighted by Crippen LogP contribution is -2.41. The monoisotopic (exact) mass is 461 g/mol. The van der Waals surface area contributed by atoms with Gasteiger partial charge in [0.2, 0.25) is 5.91 Å². The lowest BCUT2D eigenvalue weighted by molar-refractivity contribution is -0.137. The maximum absolute atomic E-state index is 12.8. The first kappa shape index (κ1) is 24.8. The molecule has 0 saturated carbocycles. The predicted octanol–water partition coefficient (Wildman–Crippen LogP) is 5.04. The summed E-state index contributed by atoms with van der Waals surface area (Å²) in [7, 11) is 0. The van der Waals surface area contributed by atoms with Crippen molar-refractivity contribution in [3.05, 3.63) is 65.2 Å². The number of halogens is 3. The number of carbonyl (C=O) groups is 2. The lowest BCUT2D eigenvalue weighted by Gasteiger charge is -2.31. The van der Waals surface area contributed by atoms with Crippen molar-refractivity contribution >= 4 is 17.5 Å². The Hall–Kier alpha value is -2.87. The summed E-state index contributed by atoms with van der Waals surface area (Å²) < 4.78 is 38.2. The summed E-state index contributed by atoms with van der Waals surface area (Å²) >= 11 is 0. The van der Waals surface area contributed by atoms with Gasteiger partial charge in [0, 0.05) is 36.8 Å². The highest BCUT2D eigenvalue weighted by Crippen LogP contribution is 2.29. The van der Waals surface area contributed by atoms with E-state index in [1.165, 1.54) is 12.1 Å². The molecule has 1 N–H and O–H groups in total. The Morgan fingerprint density at radius 1 is 1.03 bits per heavy atom. The molecule has 0 aliphatic carbocycles. The molecule has 0 unspecified atom stereocenters. The van der Waals surface area contributed by atoms with Gasteiger partial charge in [-0.05, 0) is 67.9 Å². The molecule has 178 valence electrons. The number of nitrogens with zero attached hydrogens (tertiary/aromatic N) is 2. The Bertz CT molecular complexity index is 948. The second kappa shape index (κ2) is 10.8. The van der Waals surface area contributed by atoms with Gasteiger partial charge in [0.15, 0.2) is 0 Å². The van der Waals surface area contributed by atoms with Crippen LogP contribution in [0.1, 0.15) is 48.2 Å². The van der Waals surface area contributed by atoms with E-state index < -0.39 is 11.7 Å². The predicted molar refractivity (Wildman–Crippen MR) is 122 cm³/mol. The fourth-order valence-electron chi connectivity index (χ4n) is 4.03. The summed E-state index contributed by atoms with van der Waals surface area (Å²) in [6.45, 7) is 7.74. The molecule has 1 aliphatic rings. The highest BCUT2D eigenvalue weighted by atomic mass is 19.4. The minimum atomic E-state index is -4.43. The number of rotatable bonds is 7. The van der Waals surface area contributed by atoms with Crippen LogP contribution in [0.25, 0.3) is 0 Å². The summed E-state index contributed by atoms with van der Waals surface area (Å²) in [6, 6.07) is 12.1. The summed E-state index contributed by atoms with van der Waals surface area (Å²) in [4.78, 5) is 29.3. The van der Waals surface area contributed by atoms with Crippen molar-refractivity contribution < 1.29 is 22.8 Å². The number of amides is 2. The van der Waals surface area contributed by atoms with Crippen molar-refractivity contribution in [1.82, 2.24) is 9.80 Å². The van der Waals surface area contributed by atoms with Crippen LogP contribution in [0.3, 0.4) is 0 Å². The number of piperidine rings is 1. The van der Waals surface area contributed by atoms with Gasteiger partial charge in [-0.15, -0.1) is 0 Å². The maximum atomic E-state index is 12.8. The normalized spacial score (nSPS) is 15.0. The molecule has 2 amide bonds. The number of benzene rings is 2. The molecule has 2 aromatic carbocycles. The average Bonchev–Trinajstić information content (AvgIpc) is 2.82. The number of hydrogen-bond donors (Lipinski definition) is 1. The van der Waals surface area contributed by atoms with Gasteiger partial charge in [-0.1, -0.05) is 26.0 Å². The Balaban J connectivity index is 1.53. The van der Waals surface area contributed by atoms with Crippen molar-refractivity contribution in [3.63, 3.8) is 0 Å². The molecule has 0 aromatic heterocycles. The van der Waals surface area contributed by atoms with Crippen LogP contribution < -0.4 is 5.32 Å². The van der Waals surface area contributed by atoms with E-state index >= 15 is 0 Å². The van der Waals surface area contributed by atoms with Crippen LogP contribution in [0, 0.1) is 5.92 Å². The molecule has 1 saturated heterocycles. The van der Waals surface area contributed by atoms with Crippen LogP contribution in [0.2, 0.25) is 0 Å². The highest BCUT2D eigenvalue weighted by molar-refractivity contribution is 5.95. The largest absolute Gasteiger partial charge is 0.416 e. The summed E-state index contributed by atoms with van der Waals surface area (Å²) in [5.41, 5.74) is 1.33. The third-order valence-electron chi connectivity index (χ3n) is 6.11. The zero-order valence-corrected chi connectivity index (χ0v) is 19.0. The van der Waals surface area contributed by atoms with Gasteiger partial charge < -0.3 is 10.2 Å². The first-order valence-electron chi connectivity index (χ1n) is 11.3. The van der Waals surface area contributed by atoms with Crippen LogP contribution in [0.15, 0.2) is 48.5 Å². The van der Waals surface area contributed by atoms with Crippen molar-refractivity contribution in [2.45, 2.75) is 39.4 Å². The van der Waals surface area contributed by atoms with E-state index in [-0.39, 0.29) is 23.3 Å². The molecular formula is C25H30F3N3O2. The van der Waals surface area contributed by atoms with Crippen LogP contribution in [0.4, 0.5) is 18.9 Å². The van der Waals surface area contributed by atoms with Gasteiger partial charge >= 0.3 is 6.18 Å². The third kappa shape index (κ3) is 6.57. The van der Waals surface area contributed by atoms with Crippen LogP contribution in [-0.2, 0) is 17.5 Å². The molecule has 1 aliphatic heterocycles. The van der Waals surface area contributed by atoms with Crippen LogP contribution in [-0.4, -0.2) is 47.8 Å². The topological polar surface area (TPSA) is 52.7 Å².